The number of nitrogens with one attached hydrogen (secondary N) is 1. The molecule has 0 unspecified atom stereocenters. The number of nitrogens with zero attached hydrogens (tertiary/aromatic N) is 1. The molecule has 0 aliphatic carbocycles. The molecule has 0 aromatic heterocycles. The van der Waals surface area contributed by atoms with Crippen LogP contribution in [-0.2, 0) is 38.4 Å². The quantitative estimate of drug-likeness (QED) is 0.251. The molecule has 0 saturated carbocycles. The number of methoxy groups -OCH3 is 1. The number of carbonyl (C=O) groups is 2. The van der Waals surface area contributed by atoms with Gasteiger partial charge in [-0.05, 0) is 60.9 Å². The van der Waals surface area contributed by atoms with Gasteiger partial charge in [-0.15, -0.1) is 0 Å². The van der Waals surface area contributed by atoms with Gasteiger partial charge in [0.2, 0.25) is 5.91 Å². The summed E-state index contributed by atoms with van der Waals surface area (Å²) in [5.41, 5.74) is 8.48. The van der Waals surface area contributed by atoms with Gasteiger partial charge in [0, 0.05) is 38.0 Å². The number of amides is 2. The Labute approximate surface area is 259 Å². The molecule has 0 spiro atoms. The monoisotopic (exact) mass is 619 g/mol. The van der Waals surface area contributed by atoms with Crippen molar-refractivity contribution >= 4 is 12.0 Å². The van der Waals surface area contributed by atoms with Crippen molar-refractivity contribution in [3.63, 3.8) is 0 Å². The number of benzene rings is 2. The first kappa shape index (κ1) is 35.4. The van der Waals surface area contributed by atoms with Crippen molar-refractivity contribution in [1.29, 1.82) is 0 Å². The van der Waals surface area contributed by atoms with Crippen LogP contribution in [0, 0.1) is 11.6 Å². The first-order chi connectivity index (χ1) is 21.1. The Hall–Kier alpha value is -3.12. The van der Waals surface area contributed by atoms with Gasteiger partial charge in [0.15, 0.2) is 5.79 Å². The number of halogens is 2. The number of carbonyl (C=O) groups excluding carboxylic acids is 2. The fourth-order valence-corrected chi connectivity index (χ4v) is 5.42. The van der Waals surface area contributed by atoms with Crippen LogP contribution in [0.5, 0.6) is 0 Å². The number of nitrogens with two attached hydrogens (primary N) is 1. The third-order valence-electron chi connectivity index (χ3n) is 7.90. The molecule has 0 radical (unpaired) electrons. The molecule has 1 aliphatic rings. The first-order valence-electron chi connectivity index (χ1n) is 15.5. The maximum Gasteiger partial charge on any atom is 0.407 e. The summed E-state index contributed by atoms with van der Waals surface area (Å²) in [5.74, 6) is -2.78. The number of aliphatic hydroxyl groups is 1. The van der Waals surface area contributed by atoms with Crippen molar-refractivity contribution in [1.82, 2.24) is 10.2 Å². The molecule has 3 rings (SSSR count). The van der Waals surface area contributed by atoms with E-state index in [4.69, 9.17) is 19.9 Å². The van der Waals surface area contributed by atoms with Gasteiger partial charge in [0.1, 0.15) is 17.7 Å². The first-order valence-corrected chi connectivity index (χ1v) is 15.5. The van der Waals surface area contributed by atoms with E-state index in [-0.39, 0.29) is 31.5 Å². The van der Waals surface area contributed by atoms with E-state index in [0.29, 0.717) is 26.1 Å². The average Bonchev–Trinajstić information content (AvgIpc) is 3.01. The number of unbranched alkanes of at least 4 members (excludes halogenated alkanes) is 1. The lowest BCUT2D eigenvalue weighted by Gasteiger charge is -2.38. The topological polar surface area (TPSA) is 123 Å². The number of hydrogen-bond acceptors (Lipinski definition) is 7. The van der Waals surface area contributed by atoms with Crippen LogP contribution in [0.2, 0.25) is 0 Å². The van der Waals surface area contributed by atoms with Crippen molar-refractivity contribution in [2.24, 2.45) is 5.73 Å². The lowest BCUT2D eigenvalue weighted by Crippen LogP contribution is -2.53. The van der Waals surface area contributed by atoms with Crippen molar-refractivity contribution in [3.8, 4) is 0 Å². The molecule has 4 N–H and O–H groups in total. The van der Waals surface area contributed by atoms with Crippen LogP contribution >= 0.6 is 0 Å². The van der Waals surface area contributed by atoms with E-state index in [2.05, 4.69) is 12.2 Å². The molecule has 1 saturated heterocycles. The Balaban J connectivity index is 1.85. The van der Waals surface area contributed by atoms with Gasteiger partial charge < -0.3 is 35.3 Å². The number of aliphatic hydroxyl groups excluding tert-OH is 1. The minimum absolute atomic E-state index is 0.0122. The number of aryl methyl sites for hydroxylation is 1. The van der Waals surface area contributed by atoms with E-state index in [1.54, 1.807) is 0 Å². The van der Waals surface area contributed by atoms with Crippen LogP contribution < -0.4 is 11.1 Å². The number of alkyl carbamates (subject to hydrolysis) is 1. The SMILES string of the molecule is CCCCC1(CC[C@@H](NC(=O)OC)C(=O)N(Cc2cccc(CC)c2)C[C@@H](O)[C@@H](N)Cc2cc(F)cc(F)c2)OCCCO1. The van der Waals surface area contributed by atoms with Crippen LogP contribution in [0.15, 0.2) is 42.5 Å². The predicted molar refractivity (Wildman–Crippen MR) is 163 cm³/mol. The molecule has 1 aliphatic heterocycles. The summed E-state index contributed by atoms with van der Waals surface area (Å²) in [6, 6.07) is 8.90. The highest BCUT2D eigenvalue weighted by Gasteiger charge is 2.37. The predicted octanol–water partition coefficient (Wildman–Crippen LogP) is 4.61. The summed E-state index contributed by atoms with van der Waals surface area (Å²) < 4.78 is 44.5. The van der Waals surface area contributed by atoms with Gasteiger partial charge in [0.25, 0.3) is 0 Å². The van der Waals surface area contributed by atoms with Gasteiger partial charge in [-0.3, -0.25) is 4.79 Å². The Morgan fingerprint density at radius 3 is 2.39 bits per heavy atom. The fraction of sp³-hybridized carbons (Fsp3) is 0.576. The Morgan fingerprint density at radius 1 is 1.07 bits per heavy atom. The molecule has 244 valence electrons. The molecule has 2 aromatic carbocycles. The van der Waals surface area contributed by atoms with E-state index in [1.807, 2.05) is 31.2 Å². The zero-order chi connectivity index (χ0) is 32.1. The Kier molecular flexibility index (Phi) is 14.0. The number of rotatable bonds is 16. The van der Waals surface area contributed by atoms with E-state index in [1.165, 1.54) is 12.0 Å². The minimum atomic E-state index is -1.24. The second-order valence-electron chi connectivity index (χ2n) is 11.4. The summed E-state index contributed by atoms with van der Waals surface area (Å²) in [6.07, 6.45) is 2.60. The largest absolute Gasteiger partial charge is 0.453 e. The van der Waals surface area contributed by atoms with Gasteiger partial charge in [-0.1, -0.05) is 44.5 Å². The van der Waals surface area contributed by atoms with Crippen molar-refractivity contribution in [2.75, 3.05) is 26.9 Å². The smallest absolute Gasteiger partial charge is 0.407 e. The Morgan fingerprint density at radius 2 is 1.75 bits per heavy atom. The molecule has 1 heterocycles. The molecule has 11 heteroatoms. The van der Waals surface area contributed by atoms with Gasteiger partial charge in [-0.25, -0.2) is 13.6 Å². The highest BCUT2D eigenvalue weighted by molar-refractivity contribution is 5.85. The van der Waals surface area contributed by atoms with E-state index >= 15 is 0 Å². The third-order valence-corrected chi connectivity index (χ3v) is 7.90. The molecule has 44 heavy (non-hydrogen) atoms. The second kappa shape index (κ2) is 17.4. The molecule has 2 aromatic rings. The lowest BCUT2D eigenvalue weighted by atomic mass is 9.97. The molecular formula is C33H47F2N3O6. The van der Waals surface area contributed by atoms with Crippen molar-refractivity contribution < 1.29 is 37.7 Å². The van der Waals surface area contributed by atoms with Crippen LogP contribution in [-0.4, -0.2) is 72.8 Å². The fourth-order valence-electron chi connectivity index (χ4n) is 5.42. The summed E-state index contributed by atoms with van der Waals surface area (Å²) in [6.45, 7) is 5.16. The van der Waals surface area contributed by atoms with Gasteiger partial charge in [0.05, 0.1) is 26.4 Å². The normalized spacial score (nSPS) is 16.5. The van der Waals surface area contributed by atoms with Crippen LogP contribution in [0.3, 0.4) is 0 Å². The lowest BCUT2D eigenvalue weighted by molar-refractivity contribution is -0.274. The second-order valence-corrected chi connectivity index (χ2v) is 11.4. The highest BCUT2D eigenvalue weighted by atomic mass is 19.1. The maximum absolute atomic E-state index is 14.2. The Bertz CT molecular complexity index is 1190. The summed E-state index contributed by atoms with van der Waals surface area (Å²) >= 11 is 0. The van der Waals surface area contributed by atoms with E-state index < -0.39 is 47.6 Å². The molecule has 1 fully saturated rings. The number of ether oxygens (including phenoxy) is 3. The molecule has 3 atom stereocenters. The molecule has 0 bridgehead atoms. The summed E-state index contributed by atoms with van der Waals surface area (Å²) in [5, 5.41) is 13.8. The number of hydrogen-bond donors (Lipinski definition) is 3. The minimum Gasteiger partial charge on any atom is -0.453 e. The zero-order valence-electron chi connectivity index (χ0n) is 26.0. The maximum atomic E-state index is 14.2. The average molecular weight is 620 g/mol. The zero-order valence-corrected chi connectivity index (χ0v) is 26.0. The van der Waals surface area contributed by atoms with E-state index in [9.17, 15) is 23.5 Å². The van der Waals surface area contributed by atoms with Crippen molar-refractivity contribution in [2.45, 2.75) is 95.7 Å². The van der Waals surface area contributed by atoms with Crippen LogP contribution in [0.25, 0.3) is 0 Å². The van der Waals surface area contributed by atoms with Gasteiger partial charge in [-0.2, -0.15) is 0 Å². The molecular weight excluding hydrogens is 572 g/mol. The highest BCUT2D eigenvalue weighted by Crippen LogP contribution is 2.31. The standard InChI is InChI=1S/C33H47F2N3O6/c1-4-6-12-33(43-14-8-15-44-33)13-11-29(37-32(41)42-3)31(40)38(21-24-10-7-9-23(5-2)16-24)22-30(39)28(36)19-25-17-26(34)20-27(35)18-25/h7,9-10,16-18,20,28-30,39H,4-6,8,11-15,19,21-22,36H2,1-3H3,(H,37,41)/t28-,29+,30+/m0/s1. The van der Waals surface area contributed by atoms with Crippen molar-refractivity contribution in [3.05, 3.63) is 70.8 Å². The molecule has 9 nitrogen and oxygen atoms in total. The van der Waals surface area contributed by atoms with Crippen LogP contribution in [0.1, 0.15) is 69.1 Å². The summed E-state index contributed by atoms with van der Waals surface area (Å²) in [7, 11) is 1.22. The third kappa shape index (κ3) is 10.8. The summed E-state index contributed by atoms with van der Waals surface area (Å²) in [4.78, 5) is 28.0. The van der Waals surface area contributed by atoms with Crippen LogP contribution in [0.4, 0.5) is 13.6 Å². The van der Waals surface area contributed by atoms with Gasteiger partial charge >= 0.3 is 6.09 Å². The molecule has 2 amide bonds. The van der Waals surface area contributed by atoms with E-state index in [0.717, 1.165) is 55.0 Å².